The SMILES string of the molecule is C#Cc1csc(CO)n1. The fourth-order valence-corrected chi connectivity index (χ4v) is 1.04. The molecule has 0 aliphatic heterocycles. The summed E-state index contributed by atoms with van der Waals surface area (Å²) in [7, 11) is 0. The minimum atomic E-state index is -0.0215. The summed E-state index contributed by atoms with van der Waals surface area (Å²) in [6.45, 7) is -0.0215. The van der Waals surface area contributed by atoms with Crippen LogP contribution in [0.2, 0.25) is 0 Å². The van der Waals surface area contributed by atoms with E-state index in [0.29, 0.717) is 10.7 Å². The molecule has 46 valence electrons. The van der Waals surface area contributed by atoms with Gasteiger partial charge in [0.15, 0.2) is 0 Å². The van der Waals surface area contributed by atoms with Crippen LogP contribution < -0.4 is 0 Å². The van der Waals surface area contributed by atoms with Crippen LogP contribution in [0.4, 0.5) is 0 Å². The van der Waals surface area contributed by atoms with E-state index in [0.717, 1.165) is 0 Å². The lowest BCUT2D eigenvalue weighted by molar-refractivity contribution is 0.281. The molecule has 2 nitrogen and oxygen atoms in total. The van der Waals surface area contributed by atoms with Gasteiger partial charge in [0.25, 0.3) is 0 Å². The third kappa shape index (κ3) is 1.28. The van der Waals surface area contributed by atoms with Crippen LogP contribution in [0.3, 0.4) is 0 Å². The van der Waals surface area contributed by atoms with E-state index >= 15 is 0 Å². The van der Waals surface area contributed by atoms with Crippen molar-refractivity contribution in [3.05, 3.63) is 16.1 Å². The first-order chi connectivity index (χ1) is 4.36. The van der Waals surface area contributed by atoms with Gasteiger partial charge in [-0.3, -0.25) is 0 Å². The Labute approximate surface area is 57.2 Å². The van der Waals surface area contributed by atoms with E-state index in [1.807, 2.05) is 0 Å². The highest BCUT2D eigenvalue weighted by molar-refractivity contribution is 7.09. The monoisotopic (exact) mass is 139 g/mol. The highest BCUT2D eigenvalue weighted by Gasteiger charge is 1.94. The number of nitrogens with zero attached hydrogens (tertiary/aromatic N) is 1. The molecule has 3 heteroatoms. The van der Waals surface area contributed by atoms with E-state index in [-0.39, 0.29) is 6.61 Å². The zero-order valence-corrected chi connectivity index (χ0v) is 5.48. The van der Waals surface area contributed by atoms with E-state index in [1.54, 1.807) is 5.38 Å². The van der Waals surface area contributed by atoms with Gasteiger partial charge >= 0.3 is 0 Å². The average molecular weight is 139 g/mol. The minimum absolute atomic E-state index is 0.0215. The van der Waals surface area contributed by atoms with Crippen LogP contribution in [0.25, 0.3) is 0 Å². The molecule has 0 bridgehead atoms. The van der Waals surface area contributed by atoms with Gasteiger partial charge in [0.05, 0.1) is 6.61 Å². The van der Waals surface area contributed by atoms with E-state index in [1.165, 1.54) is 11.3 Å². The van der Waals surface area contributed by atoms with Crippen LogP contribution >= 0.6 is 11.3 Å². The Morgan fingerprint density at radius 2 is 2.67 bits per heavy atom. The molecule has 0 aliphatic carbocycles. The van der Waals surface area contributed by atoms with Crippen molar-refractivity contribution in [1.29, 1.82) is 0 Å². The van der Waals surface area contributed by atoms with Gasteiger partial charge in [-0.1, -0.05) is 0 Å². The second-order valence-corrected chi connectivity index (χ2v) is 2.37. The molecule has 0 aliphatic rings. The van der Waals surface area contributed by atoms with Crippen LogP contribution in [-0.4, -0.2) is 10.1 Å². The molecule has 1 rings (SSSR count). The lowest BCUT2D eigenvalue weighted by Gasteiger charge is -1.79. The van der Waals surface area contributed by atoms with Crippen LogP contribution in [-0.2, 0) is 6.61 Å². The zero-order chi connectivity index (χ0) is 6.69. The first kappa shape index (κ1) is 6.27. The Morgan fingerprint density at radius 1 is 1.89 bits per heavy atom. The molecule has 9 heavy (non-hydrogen) atoms. The maximum Gasteiger partial charge on any atom is 0.124 e. The molecular formula is C6H5NOS. The van der Waals surface area contributed by atoms with Crippen molar-refractivity contribution in [2.24, 2.45) is 0 Å². The number of aliphatic hydroxyl groups excluding tert-OH is 1. The van der Waals surface area contributed by atoms with Crippen molar-refractivity contribution in [3.63, 3.8) is 0 Å². The molecule has 1 N–H and O–H groups in total. The molecule has 0 saturated heterocycles. The Morgan fingerprint density at radius 3 is 3.00 bits per heavy atom. The molecule has 0 saturated carbocycles. The summed E-state index contributed by atoms with van der Waals surface area (Å²) in [4.78, 5) is 3.88. The molecule has 1 aromatic heterocycles. The topological polar surface area (TPSA) is 33.1 Å². The quantitative estimate of drug-likeness (QED) is 0.578. The van der Waals surface area contributed by atoms with Crippen LogP contribution in [0.15, 0.2) is 5.38 Å². The summed E-state index contributed by atoms with van der Waals surface area (Å²) in [5.74, 6) is 2.37. The lowest BCUT2D eigenvalue weighted by atomic mass is 10.5. The van der Waals surface area contributed by atoms with Crippen LogP contribution in [0.1, 0.15) is 10.7 Å². The summed E-state index contributed by atoms with van der Waals surface area (Å²) in [5, 5.41) is 10.9. The second kappa shape index (κ2) is 2.62. The number of terminal acetylenes is 1. The maximum absolute atomic E-state index is 8.53. The first-order valence-electron chi connectivity index (χ1n) is 2.38. The number of thiazole rings is 1. The molecule has 0 amide bonds. The fourth-order valence-electron chi connectivity index (χ4n) is 0.450. The van der Waals surface area contributed by atoms with Gasteiger partial charge in [0.2, 0.25) is 0 Å². The van der Waals surface area contributed by atoms with E-state index < -0.39 is 0 Å². The minimum Gasteiger partial charge on any atom is -0.389 e. The van der Waals surface area contributed by atoms with Crippen molar-refractivity contribution >= 4 is 11.3 Å². The van der Waals surface area contributed by atoms with E-state index in [2.05, 4.69) is 10.9 Å². The first-order valence-corrected chi connectivity index (χ1v) is 3.26. The third-order valence-electron chi connectivity index (χ3n) is 0.835. The van der Waals surface area contributed by atoms with Crippen LogP contribution in [0.5, 0.6) is 0 Å². The Balaban J connectivity index is 2.90. The van der Waals surface area contributed by atoms with Gasteiger partial charge in [-0.25, -0.2) is 4.98 Å². The van der Waals surface area contributed by atoms with Gasteiger partial charge in [0.1, 0.15) is 10.7 Å². The fraction of sp³-hybridized carbons (Fsp3) is 0.167. The molecule has 1 heterocycles. The van der Waals surface area contributed by atoms with Gasteiger partial charge in [0, 0.05) is 5.38 Å². The standard InChI is InChI=1S/C6H5NOS/c1-2-5-4-9-6(3-8)7-5/h1,4,8H,3H2. The molecule has 0 radical (unpaired) electrons. The summed E-state index contributed by atoms with van der Waals surface area (Å²) < 4.78 is 0. The maximum atomic E-state index is 8.53. The highest BCUT2D eigenvalue weighted by atomic mass is 32.1. The summed E-state index contributed by atoms with van der Waals surface area (Å²) >= 11 is 1.37. The van der Waals surface area contributed by atoms with Crippen LogP contribution in [0, 0.1) is 12.3 Å². The smallest absolute Gasteiger partial charge is 0.124 e. The van der Waals surface area contributed by atoms with Gasteiger partial charge in [-0.05, 0) is 5.92 Å². The number of hydrogen-bond donors (Lipinski definition) is 1. The summed E-state index contributed by atoms with van der Waals surface area (Å²) in [6.07, 6.45) is 5.03. The predicted molar refractivity (Wildman–Crippen MR) is 36.0 cm³/mol. The molecule has 0 spiro atoms. The normalized spacial score (nSPS) is 8.89. The average Bonchev–Trinajstić information content (AvgIpc) is 2.34. The number of aliphatic hydroxyl groups is 1. The molecule has 0 atom stereocenters. The number of hydrogen-bond acceptors (Lipinski definition) is 3. The van der Waals surface area contributed by atoms with Crippen molar-refractivity contribution < 1.29 is 5.11 Å². The second-order valence-electron chi connectivity index (χ2n) is 1.43. The summed E-state index contributed by atoms with van der Waals surface area (Å²) in [6, 6.07) is 0. The van der Waals surface area contributed by atoms with E-state index in [4.69, 9.17) is 11.5 Å². The van der Waals surface area contributed by atoms with Gasteiger partial charge < -0.3 is 5.11 Å². The number of aromatic nitrogens is 1. The van der Waals surface area contributed by atoms with Gasteiger partial charge in [-0.15, -0.1) is 17.8 Å². The molecule has 1 aromatic rings. The molecule has 0 fully saturated rings. The van der Waals surface area contributed by atoms with Crippen molar-refractivity contribution in [2.45, 2.75) is 6.61 Å². The van der Waals surface area contributed by atoms with Crippen molar-refractivity contribution in [3.8, 4) is 12.3 Å². The molecular weight excluding hydrogens is 134 g/mol. The van der Waals surface area contributed by atoms with Gasteiger partial charge in [-0.2, -0.15) is 0 Å². The summed E-state index contributed by atoms with van der Waals surface area (Å²) in [5.41, 5.74) is 0.601. The van der Waals surface area contributed by atoms with Crippen molar-refractivity contribution in [1.82, 2.24) is 4.98 Å². The third-order valence-corrected chi connectivity index (χ3v) is 1.67. The Kier molecular flexibility index (Phi) is 1.83. The van der Waals surface area contributed by atoms with Crippen molar-refractivity contribution in [2.75, 3.05) is 0 Å². The van der Waals surface area contributed by atoms with E-state index in [9.17, 15) is 0 Å². The zero-order valence-electron chi connectivity index (χ0n) is 4.66. The Bertz CT molecular complexity index is 235. The largest absolute Gasteiger partial charge is 0.389 e. The highest BCUT2D eigenvalue weighted by Crippen LogP contribution is 2.07. The molecule has 0 unspecified atom stereocenters. The lowest BCUT2D eigenvalue weighted by Crippen LogP contribution is -1.79. The predicted octanol–water partition coefficient (Wildman–Crippen LogP) is 0.617. The Hall–Kier alpha value is -0.850. The molecule has 0 aromatic carbocycles. The number of rotatable bonds is 1.